The normalized spacial score (nSPS) is 10.2. The van der Waals surface area contributed by atoms with Crippen LogP contribution in [0.15, 0.2) is 29.6 Å². The van der Waals surface area contributed by atoms with Crippen molar-refractivity contribution in [1.29, 1.82) is 0 Å². The maximum atomic E-state index is 3.04. The Bertz CT molecular complexity index is 450. The van der Waals surface area contributed by atoms with Crippen LogP contribution in [0.3, 0.4) is 0 Å². The molecule has 0 N–H and O–H groups in total. The Morgan fingerprint density at radius 3 is 2.38 bits per heavy atom. The van der Waals surface area contributed by atoms with Gasteiger partial charge in [-0.25, -0.2) is 0 Å². The molecule has 0 nitrogen and oxygen atoms in total. The molecule has 0 aliphatic rings. The Kier molecular flexibility index (Phi) is 2.80. The van der Waals surface area contributed by atoms with Crippen molar-refractivity contribution in [2.24, 2.45) is 0 Å². The van der Waals surface area contributed by atoms with Crippen LogP contribution in [0.25, 0.3) is 10.4 Å². The third-order valence-electron chi connectivity index (χ3n) is 1.79. The number of rotatable bonds is 1. The first-order chi connectivity index (χ1) is 6.25. The van der Waals surface area contributed by atoms with E-state index in [-0.39, 0.29) is 0 Å². The second-order valence-corrected chi connectivity index (χ2v) is 7.03. The predicted molar refractivity (Wildman–Crippen MR) is 61.4 cm³/mol. The van der Waals surface area contributed by atoms with Crippen molar-refractivity contribution in [3.63, 3.8) is 0 Å². The Balaban J connectivity index is 2.47. The molecule has 1 heterocycles. The summed E-state index contributed by atoms with van der Waals surface area (Å²) >= 11 is 6.62. The van der Waals surface area contributed by atoms with Crippen LogP contribution in [0, 0.1) is 9.61 Å². The fraction of sp³-hybridized carbons (Fsp3) is 0.100. The first-order valence-corrected chi connectivity index (χ1v) is 6.46. The summed E-state index contributed by atoms with van der Waals surface area (Å²) < 4.78 is 1.29. The molecule has 2 aromatic rings. The molecule has 0 aliphatic heterocycles. The van der Waals surface area contributed by atoms with Gasteiger partial charge in [-0.2, -0.15) is 0 Å². The van der Waals surface area contributed by atoms with Gasteiger partial charge in [0.2, 0.25) is 0 Å². The molecular weight excluding hydrogens is 263 g/mol. The SMILES string of the molecule is Cc1ccc(-c2csc(=[Se])s2)cc1. The van der Waals surface area contributed by atoms with Gasteiger partial charge in [0.05, 0.1) is 0 Å². The summed E-state index contributed by atoms with van der Waals surface area (Å²) in [6.07, 6.45) is 0. The standard InChI is InChI=1S/C10H8S2Se/c1-7-2-4-8(5-3-7)9-6-11-10(13)12-9/h2-6H,1H3. The zero-order chi connectivity index (χ0) is 9.26. The molecule has 0 fully saturated rings. The molecule has 1 aromatic heterocycles. The van der Waals surface area contributed by atoms with E-state index in [0.717, 1.165) is 0 Å². The average molecular weight is 271 g/mol. The van der Waals surface area contributed by atoms with E-state index in [4.69, 9.17) is 0 Å². The molecular formula is C10H8S2Se. The van der Waals surface area contributed by atoms with Crippen LogP contribution >= 0.6 is 22.7 Å². The van der Waals surface area contributed by atoms with E-state index in [2.05, 4.69) is 52.1 Å². The van der Waals surface area contributed by atoms with E-state index in [1.807, 2.05) is 11.3 Å². The zero-order valence-electron chi connectivity index (χ0n) is 7.11. The molecule has 3 heteroatoms. The Hall–Kier alpha value is -0.211. The summed E-state index contributed by atoms with van der Waals surface area (Å²) in [5.41, 5.74) is 2.63. The number of benzene rings is 1. The fourth-order valence-electron chi connectivity index (χ4n) is 1.08. The van der Waals surface area contributed by atoms with Crippen LogP contribution in [-0.4, -0.2) is 15.6 Å². The van der Waals surface area contributed by atoms with Gasteiger partial charge in [0.1, 0.15) is 0 Å². The third-order valence-corrected chi connectivity index (χ3v) is 4.90. The number of aryl methyl sites for hydroxylation is 1. The van der Waals surface area contributed by atoms with Crippen molar-refractivity contribution < 1.29 is 0 Å². The molecule has 66 valence electrons. The second-order valence-electron chi connectivity index (χ2n) is 2.82. The third kappa shape index (κ3) is 2.18. The Morgan fingerprint density at radius 1 is 1.15 bits per heavy atom. The molecule has 13 heavy (non-hydrogen) atoms. The monoisotopic (exact) mass is 272 g/mol. The molecule has 0 amide bonds. The summed E-state index contributed by atoms with van der Waals surface area (Å²) in [4.78, 5) is 1.35. The first-order valence-electron chi connectivity index (χ1n) is 3.91. The summed E-state index contributed by atoms with van der Waals surface area (Å²) in [7, 11) is 0. The van der Waals surface area contributed by atoms with Gasteiger partial charge in [0, 0.05) is 0 Å². The average Bonchev–Trinajstić information content (AvgIpc) is 2.53. The van der Waals surface area contributed by atoms with Gasteiger partial charge in [0.15, 0.2) is 0 Å². The van der Waals surface area contributed by atoms with Gasteiger partial charge in [-0.3, -0.25) is 0 Å². The van der Waals surface area contributed by atoms with Crippen LogP contribution in [0.4, 0.5) is 0 Å². The molecule has 0 aliphatic carbocycles. The van der Waals surface area contributed by atoms with Crippen LogP contribution in [0.2, 0.25) is 0 Å². The minimum atomic E-state index is 1.29. The molecule has 0 unspecified atom stereocenters. The van der Waals surface area contributed by atoms with Gasteiger partial charge in [-0.15, -0.1) is 0 Å². The Labute approximate surface area is 93.2 Å². The molecule has 0 bridgehead atoms. The summed E-state index contributed by atoms with van der Waals surface area (Å²) in [5.74, 6) is 0. The summed E-state index contributed by atoms with van der Waals surface area (Å²) in [6, 6.07) is 8.65. The molecule has 0 saturated carbocycles. The van der Waals surface area contributed by atoms with Crippen molar-refractivity contribution in [1.82, 2.24) is 0 Å². The van der Waals surface area contributed by atoms with Crippen LogP contribution in [-0.2, 0) is 0 Å². The van der Waals surface area contributed by atoms with E-state index < -0.39 is 0 Å². The van der Waals surface area contributed by atoms with Crippen molar-refractivity contribution >= 4 is 38.2 Å². The summed E-state index contributed by atoms with van der Waals surface area (Å²) in [6.45, 7) is 2.11. The molecule has 0 saturated heterocycles. The molecule has 0 spiro atoms. The van der Waals surface area contributed by atoms with E-state index in [1.165, 1.54) is 18.7 Å². The molecule has 1 aromatic carbocycles. The zero-order valence-corrected chi connectivity index (χ0v) is 10.5. The van der Waals surface area contributed by atoms with E-state index in [9.17, 15) is 0 Å². The molecule has 2 rings (SSSR count). The van der Waals surface area contributed by atoms with E-state index >= 15 is 0 Å². The maximum absolute atomic E-state index is 3.04. The van der Waals surface area contributed by atoms with E-state index in [1.54, 1.807) is 11.3 Å². The van der Waals surface area contributed by atoms with Crippen LogP contribution in [0.1, 0.15) is 5.56 Å². The Morgan fingerprint density at radius 2 is 1.85 bits per heavy atom. The number of hydrogen-bond donors (Lipinski definition) is 0. The fourth-order valence-corrected chi connectivity index (χ4v) is 3.67. The first kappa shape index (κ1) is 9.35. The minimum absolute atomic E-state index is 1.29. The van der Waals surface area contributed by atoms with Gasteiger partial charge in [0.25, 0.3) is 0 Å². The van der Waals surface area contributed by atoms with Crippen molar-refractivity contribution in [3.8, 4) is 10.4 Å². The molecule has 0 atom stereocenters. The van der Waals surface area contributed by atoms with Gasteiger partial charge >= 0.3 is 93.5 Å². The van der Waals surface area contributed by atoms with Crippen molar-refractivity contribution in [3.05, 3.63) is 37.9 Å². The van der Waals surface area contributed by atoms with Crippen molar-refractivity contribution in [2.75, 3.05) is 0 Å². The van der Waals surface area contributed by atoms with Gasteiger partial charge in [-0.1, -0.05) is 0 Å². The van der Waals surface area contributed by atoms with Crippen LogP contribution < -0.4 is 0 Å². The predicted octanol–water partition coefficient (Wildman–Crippen LogP) is 3.49. The van der Waals surface area contributed by atoms with E-state index in [0.29, 0.717) is 0 Å². The van der Waals surface area contributed by atoms with Gasteiger partial charge < -0.3 is 0 Å². The van der Waals surface area contributed by atoms with Crippen LogP contribution in [0.5, 0.6) is 0 Å². The quantitative estimate of drug-likeness (QED) is 0.697. The van der Waals surface area contributed by atoms with Crippen molar-refractivity contribution in [2.45, 2.75) is 6.92 Å². The summed E-state index contributed by atoms with van der Waals surface area (Å²) in [5, 5.41) is 2.20. The number of hydrogen-bond acceptors (Lipinski definition) is 2. The molecule has 0 radical (unpaired) electrons. The topological polar surface area (TPSA) is 0 Å². The second kappa shape index (κ2) is 3.89. The van der Waals surface area contributed by atoms with Gasteiger partial charge in [-0.05, 0) is 0 Å².